The molecule has 1 heterocycles. The number of amides is 1. The summed E-state index contributed by atoms with van der Waals surface area (Å²) in [5, 5.41) is 2.95. The molecule has 0 aromatic heterocycles. The van der Waals surface area contributed by atoms with Crippen molar-refractivity contribution in [2.24, 2.45) is 0 Å². The number of carbonyl (C=O) groups excluding carboxylic acids is 1. The van der Waals surface area contributed by atoms with Gasteiger partial charge in [0.15, 0.2) is 9.84 Å². The zero-order valence-electron chi connectivity index (χ0n) is 13.5. The number of rotatable bonds is 7. The van der Waals surface area contributed by atoms with Gasteiger partial charge in [0.2, 0.25) is 5.91 Å². The van der Waals surface area contributed by atoms with Crippen LogP contribution in [0.5, 0.6) is 0 Å². The lowest BCUT2D eigenvalue weighted by Gasteiger charge is -2.26. The van der Waals surface area contributed by atoms with Gasteiger partial charge < -0.3 is 10.1 Å². The first-order chi connectivity index (χ1) is 10.8. The van der Waals surface area contributed by atoms with Crippen LogP contribution in [0.4, 0.5) is 0 Å². The Labute approximate surface area is 142 Å². The monoisotopic (exact) mass is 357 g/mol. The number of aryl methyl sites for hydroxylation is 1. The Morgan fingerprint density at radius 1 is 1.35 bits per heavy atom. The predicted octanol–water partition coefficient (Wildman–Crippen LogP) is 1.66. The second-order valence-corrected chi connectivity index (χ2v) is 9.00. The molecule has 0 saturated carbocycles. The van der Waals surface area contributed by atoms with Crippen LogP contribution in [0.15, 0.2) is 29.2 Å². The summed E-state index contributed by atoms with van der Waals surface area (Å²) < 4.78 is 28.4. The van der Waals surface area contributed by atoms with Crippen LogP contribution in [-0.2, 0) is 25.8 Å². The van der Waals surface area contributed by atoms with Crippen molar-refractivity contribution in [3.05, 3.63) is 29.8 Å². The highest BCUT2D eigenvalue weighted by molar-refractivity contribution is 7.99. The first-order valence-electron chi connectivity index (χ1n) is 7.53. The number of thioether (sulfide) groups is 1. The molecule has 1 aromatic rings. The van der Waals surface area contributed by atoms with Gasteiger partial charge in [0, 0.05) is 32.1 Å². The van der Waals surface area contributed by atoms with Gasteiger partial charge in [0.1, 0.15) is 0 Å². The highest BCUT2D eigenvalue weighted by Crippen LogP contribution is 2.30. The van der Waals surface area contributed by atoms with Crippen molar-refractivity contribution >= 4 is 27.5 Å². The highest BCUT2D eigenvalue weighted by Gasteiger charge is 2.34. The Balaban J connectivity index is 1.80. The molecule has 1 N–H and O–H groups in total. The molecule has 1 unspecified atom stereocenters. The van der Waals surface area contributed by atoms with Crippen LogP contribution in [0, 0.1) is 0 Å². The maximum absolute atomic E-state index is 12.0. The van der Waals surface area contributed by atoms with Gasteiger partial charge >= 0.3 is 0 Å². The van der Waals surface area contributed by atoms with Crippen LogP contribution in [0.25, 0.3) is 0 Å². The first kappa shape index (κ1) is 18.3. The second-order valence-electron chi connectivity index (χ2n) is 5.88. The molecule has 0 spiro atoms. The Morgan fingerprint density at radius 3 is 2.57 bits per heavy atom. The largest absolute Gasteiger partial charge is 0.376 e. The smallest absolute Gasteiger partial charge is 0.220 e. The molecule has 1 saturated heterocycles. The number of benzene rings is 1. The number of nitrogens with one attached hydrogen (secondary N) is 1. The average molecular weight is 357 g/mol. The minimum atomic E-state index is -3.17. The number of carbonyl (C=O) groups is 1. The van der Waals surface area contributed by atoms with Crippen molar-refractivity contribution in [3.8, 4) is 0 Å². The van der Waals surface area contributed by atoms with E-state index in [0.29, 0.717) is 24.3 Å². The molecule has 1 aromatic carbocycles. The van der Waals surface area contributed by atoms with E-state index in [2.05, 4.69) is 5.32 Å². The van der Waals surface area contributed by atoms with E-state index in [1.165, 1.54) is 6.26 Å². The summed E-state index contributed by atoms with van der Waals surface area (Å²) in [6, 6.07) is 6.68. The topological polar surface area (TPSA) is 72.5 Å². The summed E-state index contributed by atoms with van der Waals surface area (Å²) in [7, 11) is -1.48. The van der Waals surface area contributed by atoms with Crippen molar-refractivity contribution in [2.75, 3.05) is 31.4 Å². The third-order valence-corrected chi connectivity index (χ3v) is 6.45. The van der Waals surface area contributed by atoms with Gasteiger partial charge in [-0.05, 0) is 36.3 Å². The maximum Gasteiger partial charge on any atom is 0.220 e. The van der Waals surface area contributed by atoms with Gasteiger partial charge in [-0.3, -0.25) is 4.79 Å². The fraction of sp³-hybridized carbons (Fsp3) is 0.562. The minimum Gasteiger partial charge on any atom is -0.376 e. The Morgan fingerprint density at radius 2 is 2.04 bits per heavy atom. The lowest BCUT2D eigenvalue weighted by Crippen LogP contribution is -2.44. The lowest BCUT2D eigenvalue weighted by atomic mass is 10.0. The third kappa shape index (κ3) is 5.22. The quantitative estimate of drug-likeness (QED) is 0.803. The van der Waals surface area contributed by atoms with Gasteiger partial charge in [-0.15, -0.1) is 0 Å². The Kier molecular flexibility index (Phi) is 6.11. The standard InChI is InChI=1S/C16H23NO4S2/c1-21-16(9-10-22-12-16)11-17-15(18)8-5-13-3-6-14(7-4-13)23(2,19)20/h3-4,6-7H,5,8-12H2,1-2H3,(H,17,18). The van der Waals surface area contributed by atoms with E-state index in [1.807, 2.05) is 11.8 Å². The Hall–Kier alpha value is -1.05. The Bertz CT molecular complexity index is 635. The van der Waals surface area contributed by atoms with E-state index in [9.17, 15) is 13.2 Å². The molecular weight excluding hydrogens is 334 g/mol. The van der Waals surface area contributed by atoms with Crippen LogP contribution < -0.4 is 5.32 Å². The summed E-state index contributed by atoms with van der Waals surface area (Å²) in [5.41, 5.74) is 0.725. The molecule has 1 atom stereocenters. The van der Waals surface area contributed by atoms with Crippen molar-refractivity contribution < 1.29 is 17.9 Å². The zero-order valence-corrected chi connectivity index (χ0v) is 15.1. The van der Waals surface area contributed by atoms with E-state index in [1.54, 1.807) is 31.4 Å². The van der Waals surface area contributed by atoms with E-state index < -0.39 is 9.84 Å². The fourth-order valence-electron chi connectivity index (χ4n) is 2.47. The number of methoxy groups -OCH3 is 1. The molecule has 1 amide bonds. The highest BCUT2D eigenvalue weighted by atomic mass is 32.2. The molecule has 7 heteroatoms. The first-order valence-corrected chi connectivity index (χ1v) is 10.6. The van der Waals surface area contributed by atoms with Crippen LogP contribution in [0.3, 0.4) is 0 Å². The summed E-state index contributed by atoms with van der Waals surface area (Å²) in [4.78, 5) is 12.3. The molecule has 1 aliphatic rings. The maximum atomic E-state index is 12.0. The number of sulfone groups is 1. The molecule has 2 rings (SSSR count). The van der Waals surface area contributed by atoms with Crippen LogP contribution >= 0.6 is 11.8 Å². The van der Waals surface area contributed by atoms with Crippen LogP contribution in [0.1, 0.15) is 18.4 Å². The van der Waals surface area contributed by atoms with E-state index >= 15 is 0 Å². The summed E-state index contributed by atoms with van der Waals surface area (Å²) in [6.07, 6.45) is 3.11. The fourth-order valence-corrected chi connectivity index (χ4v) is 4.50. The molecule has 23 heavy (non-hydrogen) atoms. The molecule has 0 aliphatic carbocycles. The van der Waals surface area contributed by atoms with E-state index in [0.717, 1.165) is 23.5 Å². The lowest BCUT2D eigenvalue weighted by molar-refractivity contribution is -0.122. The van der Waals surface area contributed by atoms with Crippen molar-refractivity contribution in [3.63, 3.8) is 0 Å². The van der Waals surface area contributed by atoms with Crippen LogP contribution in [0.2, 0.25) is 0 Å². The van der Waals surface area contributed by atoms with Gasteiger partial charge in [-0.2, -0.15) is 11.8 Å². The van der Waals surface area contributed by atoms with Crippen LogP contribution in [-0.4, -0.2) is 51.3 Å². The van der Waals surface area contributed by atoms with Gasteiger partial charge in [0.05, 0.1) is 10.5 Å². The van der Waals surface area contributed by atoms with E-state index in [4.69, 9.17) is 4.74 Å². The molecule has 5 nitrogen and oxygen atoms in total. The van der Waals surface area contributed by atoms with Gasteiger partial charge in [0.25, 0.3) is 0 Å². The summed E-state index contributed by atoms with van der Waals surface area (Å²) >= 11 is 1.85. The second kappa shape index (κ2) is 7.68. The number of hydrogen-bond donors (Lipinski definition) is 1. The van der Waals surface area contributed by atoms with E-state index in [-0.39, 0.29) is 11.5 Å². The minimum absolute atomic E-state index is 0.00878. The molecule has 0 bridgehead atoms. The van der Waals surface area contributed by atoms with Gasteiger partial charge in [-0.1, -0.05) is 12.1 Å². The normalized spacial score (nSPS) is 21.3. The molecular formula is C16H23NO4S2. The number of ether oxygens (including phenoxy) is 1. The SMILES string of the molecule is COC1(CNC(=O)CCc2ccc(S(C)(=O)=O)cc2)CCSC1. The molecule has 1 aliphatic heterocycles. The summed E-state index contributed by atoms with van der Waals surface area (Å²) in [6.45, 7) is 0.544. The summed E-state index contributed by atoms with van der Waals surface area (Å²) in [5.74, 6) is 1.97. The van der Waals surface area contributed by atoms with Crippen molar-refractivity contribution in [2.45, 2.75) is 29.8 Å². The zero-order chi connectivity index (χ0) is 16.9. The molecule has 1 fully saturated rings. The number of hydrogen-bond acceptors (Lipinski definition) is 5. The van der Waals surface area contributed by atoms with Crippen molar-refractivity contribution in [1.82, 2.24) is 5.32 Å². The van der Waals surface area contributed by atoms with Crippen molar-refractivity contribution in [1.29, 1.82) is 0 Å². The predicted molar refractivity (Wildman–Crippen MR) is 92.6 cm³/mol. The molecule has 0 radical (unpaired) electrons. The average Bonchev–Trinajstić information content (AvgIpc) is 3.00. The molecule has 128 valence electrons. The third-order valence-electron chi connectivity index (χ3n) is 4.10. The van der Waals surface area contributed by atoms with Gasteiger partial charge in [-0.25, -0.2) is 8.42 Å².